The Bertz CT molecular complexity index is 602. The number of carbonyl (C=O) groups is 1. The number of fused-ring (bicyclic) bond motifs is 1. The number of hydrogen-bond acceptors (Lipinski definition) is 5. The van der Waals surface area contributed by atoms with Gasteiger partial charge in [0.1, 0.15) is 5.52 Å². The van der Waals surface area contributed by atoms with E-state index in [-0.39, 0.29) is 18.3 Å². The van der Waals surface area contributed by atoms with Crippen molar-refractivity contribution in [1.29, 1.82) is 0 Å². The van der Waals surface area contributed by atoms with Crippen LogP contribution in [-0.4, -0.2) is 47.2 Å². The lowest BCUT2D eigenvalue weighted by Crippen LogP contribution is -2.40. The molecule has 100 valence electrons. The number of carbonyl (C=O) groups excluding carboxylic acids is 1. The second-order valence-electron chi connectivity index (χ2n) is 4.36. The topological polar surface area (TPSA) is 75.8 Å². The van der Waals surface area contributed by atoms with Gasteiger partial charge in [0.05, 0.1) is 25.5 Å². The van der Waals surface area contributed by atoms with Crippen molar-refractivity contribution in [3.8, 4) is 0 Å². The van der Waals surface area contributed by atoms with Crippen LogP contribution in [0.2, 0.25) is 0 Å². The second kappa shape index (κ2) is 4.99. The molecule has 6 nitrogen and oxygen atoms in total. The van der Waals surface area contributed by atoms with Gasteiger partial charge in [-0.2, -0.15) is 0 Å². The van der Waals surface area contributed by atoms with Crippen molar-refractivity contribution in [2.45, 2.75) is 6.61 Å². The molecule has 0 radical (unpaired) electrons. The summed E-state index contributed by atoms with van der Waals surface area (Å²) in [4.78, 5) is 18.1. The molecule has 0 atom stereocenters. The van der Waals surface area contributed by atoms with Crippen LogP contribution in [-0.2, 0) is 11.3 Å². The molecule has 6 heteroatoms. The lowest BCUT2D eigenvalue weighted by atomic mass is 10.3. The molecule has 2 aromatic rings. The van der Waals surface area contributed by atoms with E-state index >= 15 is 0 Å². The van der Waals surface area contributed by atoms with Gasteiger partial charge in [0.15, 0.2) is 11.3 Å². The molecule has 0 bridgehead atoms. The summed E-state index contributed by atoms with van der Waals surface area (Å²) in [5.41, 5.74) is 1.69. The van der Waals surface area contributed by atoms with E-state index in [0.717, 1.165) is 0 Å². The zero-order valence-corrected chi connectivity index (χ0v) is 10.3. The van der Waals surface area contributed by atoms with Crippen LogP contribution in [0.1, 0.15) is 16.2 Å². The number of furan rings is 1. The van der Waals surface area contributed by atoms with E-state index in [4.69, 9.17) is 14.3 Å². The average Bonchev–Trinajstić information content (AvgIpc) is 2.90. The molecule has 1 aliphatic rings. The number of aliphatic hydroxyl groups is 1. The monoisotopic (exact) mass is 262 g/mol. The summed E-state index contributed by atoms with van der Waals surface area (Å²) in [6.45, 7) is 2.13. The molecule has 19 heavy (non-hydrogen) atoms. The van der Waals surface area contributed by atoms with Gasteiger partial charge < -0.3 is 19.2 Å². The first-order valence-corrected chi connectivity index (χ1v) is 6.15. The van der Waals surface area contributed by atoms with Crippen molar-refractivity contribution in [3.63, 3.8) is 0 Å². The summed E-state index contributed by atoms with van der Waals surface area (Å²) in [5.74, 6) is 0.131. The molecule has 1 saturated heterocycles. The average molecular weight is 262 g/mol. The van der Waals surface area contributed by atoms with Gasteiger partial charge in [0.25, 0.3) is 5.91 Å². The van der Waals surface area contributed by atoms with Crippen LogP contribution in [0.3, 0.4) is 0 Å². The van der Waals surface area contributed by atoms with Gasteiger partial charge in [-0.25, -0.2) is 4.98 Å². The minimum absolute atomic E-state index is 0.131. The number of hydrogen-bond donors (Lipinski definition) is 1. The van der Waals surface area contributed by atoms with Crippen LogP contribution in [0.15, 0.2) is 22.6 Å². The first kappa shape index (κ1) is 12.1. The summed E-state index contributed by atoms with van der Waals surface area (Å²) in [6.07, 6.45) is 0. The van der Waals surface area contributed by atoms with E-state index < -0.39 is 0 Å². The molecule has 1 amide bonds. The number of aliphatic hydroxyl groups excluding tert-OH is 1. The molecule has 0 aliphatic carbocycles. The Hall–Kier alpha value is -1.92. The van der Waals surface area contributed by atoms with Crippen LogP contribution in [0.5, 0.6) is 0 Å². The minimum atomic E-state index is -0.146. The normalized spacial score (nSPS) is 15.9. The summed E-state index contributed by atoms with van der Waals surface area (Å²) in [7, 11) is 0. The standard InChI is InChI=1S/C13H14N2O4/c16-8-9-1-2-11-10(14-9)7-12(19-11)13(17)15-3-5-18-6-4-15/h1-2,7,16H,3-6,8H2. The SMILES string of the molecule is O=C(c1cc2nc(CO)ccc2o1)N1CCOCC1. The summed E-state index contributed by atoms with van der Waals surface area (Å²) in [6, 6.07) is 5.01. The van der Waals surface area contributed by atoms with Gasteiger partial charge >= 0.3 is 0 Å². The summed E-state index contributed by atoms with van der Waals surface area (Å²) >= 11 is 0. The number of nitrogens with zero attached hydrogens (tertiary/aromatic N) is 2. The van der Waals surface area contributed by atoms with Crippen molar-refractivity contribution >= 4 is 17.0 Å². The number of rotatable bonds is 2. The fraction of sp³-hybridized carbons (Fsp3) is 0.385. The highest BCUT2D eigenvalue weighted by Crippen LogP contribution is 2.19. The zero-order valence-electron chi connectivity index (χ0n) is 10.3. The van der Waals surface area contributed by atoms with Gasteiger partial charge in [-0.05, 0) is 12.1 Å². The molecule has 3 rings (SSSR count). The fourth-order valence-corrected chi connectivity index (χ4v) is 2.08. The molecule has 0 aromatic carbocycles. The van der Waals surface area contributed by atoms with Gasteiger partial charge in [0.2, 0.25) is 0 Å². The van der Waals surface area contributed by atoms with Crippen molar-refractivity contribution in [2.24, 2.45) is 0 Å². The molecule has 0 saturated carbocycles. The quantitative estimate of drug-likeness (QED) is 0.866. The van der Waals surface area contributed by atoms with Crippen molar-refractivity contribution in [3.05, 3.63) is 29.7 Å². The number of amides is 1. The number of pyridine rings is 1. The van der Waals surface area contributed by atoms with E-state index in [2.05, 4.69) is 4.98 Å². The Morgan fingerprint density at radius 2 is 2.16 bits per heavy atom. The zero-order chi connectivity index (χ0) is 13.2. The molecule has 1 N–H and O–H groups in total. The van der Waals surface area contributed by atoms with E-state index in [1.807, 2.05) is 0 Å². The summed E-state index contributed by atoms with van der Waals surface area (Å²) < 4.78 is 10.7. The molecular weight excluding hydrogens is 248 g/mol. The van der Waals surface area contributed by atoms with Gasteiger partial charge in [0, 0.05) is 19.2 Å². The highest BCUT2D eigenvalue weighted by molar-refractivity contribution is 5.95. The van der Waals surface area contributed by atoms with E-state index in [1.54, 1.807) is 23.1 Å². The molecule has 1 fully saturated rings. The third-order valence-electron chi connectivity index (χ3n) is 3.10. The Kier molecular flexibility index (Phi) is 3.18. The second-order valence-corrected chi connectivity index (χ2v) is 4.36. The summed E-state index contributed by atoms with van der Waals surface area (Å²) in [5, 5.41) is 9.03. The van der Waals surface area contributed by atoms with Crippen LogP contribution < -0.4 is 0 Å². The van der Waals surface area contributed by atoms with Crippen molar-refractivity contribution in [1.82, 2.24) is 9.88 Å². The Morgan fingerprint density at radius 1 is 1.37 bits per heavy atom. The third-order valence-corrected chi connectivity index (χ3v) is 3.10. The lowest BCUT2D eigenvalue weighted by molar-refractivity contribution is 0.0284. The van der Waals surface area contributed by atoms with Crippen molar-refractivity contribution < 1.29 is 19.1 Å². The van der Waals surface area contributed by atoms with Gasteiger partial charge in [-0.1, -0.05) is 0 Å². The molecule has 1 aliphatic heterocycles. The third kappa shape index (κ3) is 2.32. The number of morpholine rings is 1. The smallest absolute Gasteiger partial charge is 0.289 e. The molecule has 2 aromatic heterocycles. The van der Waals surface area contributed by atoms with Crippen LogP contribution >= 0.6 is 0 Å². The first-order valence-electron chi connectivity index (χ1n) is 6.15. The fourth-order valence-electron chi connectivity index (χ4n) is 2.08. The van der Waals surface area contributed by atoms with Gasteiger partial charge in [-0.15, -0.1) is 0 Å². The maximum atomic E-state index is 12.2. The van der Waals surface area contributed by atoms with Gasteiger partial charge in [-0.3, -0.25) is 4.79 Å². The Balaban J connectivity index is 1.89. The highest BCUT2D eigenvalue weighted by atomic mass is 16.5. The van der Waals surface area contributed by atoms with Crippen LogP contribution in [0, 0.1) is 0 Å². The van der Waals surface area contributed by atoms with Crippen LogP contribution in [0.4, 0.5) is 0 Å². The molecule has 0 unspecified atom stereocenters. The predicted molar refractivity (Wildman–Crippen MR) is 66.7 cm³/mol. The molecule has 0 spiro atoms. The highest BCUT2D eigenvalue weighted by Gasteiger charge is 2.22. The lowest BCUT2D eigenvalue weighted by Gasteiger charge is -2.25. The maximum Gasteiger partial charge on any atom is 0.289 e. The Morgan fingerprint density at radius 3 is 2.89 bits per heavy atom. The largest absolute Gasteiger partial charge is 0.449 e. The van der Waals surface area contributed by atoms with E-state index in [1.165, 1.54) is 0 Å². The minimum Gasteiger partial charge on any atom is -0.449 e. The first-order chi connectivity index (χ1) is 9.28. The number of ether oxygens (including phenoxy) is 1. The number of aromatic nitrogens is 1. The Labute approximate surface area is 109 Å². The maximum absolute atomic E-state index is 12.2. The van der Waals surface area contributed by atoms with Crippen molar-refractivity contribution in [2.75, 3.05) is 26.3 Å². The molecule has 3 heterocycles. The van der Waals surface area contributed by atoms with E-state index in [0.29, 0.717) is 43.1 Å². The predicted octanol–water partition coefficient (Wildman–Crippen LogP) is 0.792. The molecular formula is C13H14N2O4. The van der Waals surface area contributed by atoms with E-state index in [9.17, 15) is 4.79 Å². The van der Waals surface area contributed by atoms with Crippen LogP contribution in [0.25, 0.3) is 11.1 Å².